The first-order valence-electron chi connectivity index (χ1n) is 7.00. The first-order chi connectivity index (χ1) is 12.7. The molecule has 1 aliphatic rings. The Morgan fingerprint density at radius 3 is 2.43 bits per heavy atom. The molecule has 0 radical (unpaired) electrons. The molecule has 0 aromatic carbocycles. The molecule has 17 nitrogen and oxygen atoms in total. The van der Waals surface area contributed by atoms with Crippen molar-refractivity contribution in [1.29, 1.82) is 0 Å². The van der Waals surface area contributed by atoms with Crippen LogP contribution in [0.25, 0.3) is 0 Å². The molecule has 28 heavy (non-hydrogen) atoms. The molecule has 0 spiro atoms. The minimum absolute atomic E-state index is 0.147. The van der Waals surface area contributed by atoms with E-state index in [0.29, 0.717) is 0 Å². The van der Waals surface area contributed by atoms with Crippen molar-refractivity contribution in [3.63, 3.8) is 0 Å². The molecular weight excluding hydrogens is 453 g/mol. The molecule has 2 rings (SSSR count). The van der Waals surface area contributed by atoms with Gasteiger partial charge in [0.1, 0.15) is 12.4 Å². The number of phosphoric ester groups is 1. The van der Waals surface area contributed by atoms with Crippen molar-refractivity contribution in [3.8, 4) is 0 Å². The van der Waals surface area contributed by atoms with Crippen LogP contribution in [0, 0.1) is 0 Å². The molecule has 20 heteroatoms. The lowest BCUT2D eigenvalue weighted by atomic mass is 10.2. The molecule has 7 N–H and O–H groups in total. The van der Waals surface area contributed by atoms with E-state index in [1.54, 1.807) is 0 Å². The Bertz CT molecular complexity index is 868. The average Bonchev–Trinajstić information content (AvgIpc) is 3.07. The second-order valence-corrected chi connectivity index (χ2v) is 9.67. The molecule has 5 atom stereocenters. The highest BCUT2D eigenvalue weighted by Gasteiger charge is 2.42. The normalized spacial score (nSPS) is 27.2. The number of hydrogen-bond donors (Lipinski definition) is 6. The van der Waals surface area contributed by atoms with Gasteiger partial charge >= 0.3 is 23.5 Å². The number of carbonyl (C=O) groups is 1. The molecule has 0 saturated carbocycles. The highest BCUT2D eigenvalue weighted by Crippen LogP contribution is 2.66. The topological polar surface area (TPSA) is 263 Å². The number of phosphoric acid groups is 3. The first-order valence-corrected chi connectivity index (χ1v) is 11.5. The van der Waals surface area contributed by atoms with E-state index in [1.807, 2.05) is 0 Å². The molecule has 0 bridgehead atoms. The largest absolute Gasteiger partial charge is 0.490 e. The number of carbonyl (C=O) groups excluding carboxylic acids is 1. The Balaban J connectivity index is 1.93. The zero-order valence-corrected chi connectivity index (χ0v) is 16.2. The maximum absolute atomic E-state index is 11.6. The monoisotopic (exact) mass is 468 g/mol. The van der Waals surface area contributed by atoms with E-state index in [9.17, 15) is 28.5 Å². The molecule has 160 valence electrons. The van der Waals surface area contributed by atoms with E-state index in [-0.39, 0.29) is 12.2 Å². The molecule has 1 saturated heterocycles. The summed E-state index contributed by atoms with van der Waals surface area (Å²) in [5.41, 5.74) is 5.00. The second-order valence-electron chi connectivity index (χ2n) is 5.25. The number of amides is 1. The lowest BCUT2D eigenvalue weighted by Gasteiger charge is -2.18. The highest BCUT2D eigenvalue weighted by atomic mass is 31.3. The van der Waals surface area contributed by atoms with Gasteiger partial charge in [-0.3, -0.25) is 9.32 Å². The van der Waals surface area contributed by atoms with Crippen molar-refractivity contribution in [1.82, 2.24) is 14.8 Å². The minimum Gasteiger partial charge on any atom is -0.388 e. The van der Waals surface area contributed by atoms with Crippen LogP contribution < -0.4 is 5.73 Å². The average molecular weight is 468 g/mol. The lowest BCUT2D eigenvalue weighted by Crippen LogP contribution is -2.21. The number of hydrogen-bond acceptors (Lipinski definition) is 11. The van der Waals surface area contributed by atoms with Crippen LogP contribution in [0.1, 0.15) is 23.3 Å². The summed E-state index contributed by atoms with van der Waals surface area (Å²) in [4.78, 5) is 49.8. The fourth-order valence-corrected chi connectivity index (χ4v) is 5.12. The van der Waals surface area contributed by atoms with Gasteiger partial charge in [-0.25, -0.2) is 23.4 Å². The van der Waals surface area contributed by atoms with Crippen molar-refractivity contribution in [2.24, 2.45) is 5.73 Å². The summed E-state index contributed by atoms with van der Waals surface area (Å²) in [6.45, 7) is -0.741. The molecule has 1 aromatic heterocycles. The molecular formula is C8H15N4O13P3. The molecule has 1 amide bonds. The Kier molecular flexibility index (Phi) is 6.93. The Hall–Kier alpha value is -1.06. The third-order valence-electron chi connectivity index (χ3n) is 2.99. The van der Waals surface area contributed by atoms with Crippen LogP contribution in [0.5, 0.6) is 0 Å². The van der Waals surface area contributed by atoms with Crippen LogP contribution in [0.4, 0.5) is 0 Å². The smallest absolute Gasteiger partial charge is 0.388 e. The maximum Gasteiger partial charge on any atom is 0.490 e. The van der Waals surface area contributed by atoms with Gasteiger partial charge in [-0.15, -0.1) is 5.10 Å². The van der Waals surface area contributed by atoms with Crippen molar-refractivity contribution in [2.75, 3.05) is 6.61 Å². The summed E-state index contributed by atoms with van der Waals surface area (Å²) in [7, 11) is -16.4. The summed E-state index contributed by atoms with van der Waals surface area (Å²) >= 11 is 0. The van der Waals surface area contributed by atoms with Gasteiger partial charge in [0.15, 0.2) is 6.23 Å². The van der Waals surface area contributed by atoms with E-state index < -0.39 is 54.4 Å². The number of nitrogens with zero attached hydrogens (tertiary/aromatic N) is 3. The van der Waals surface area contributed by atoms with Crippen LogP contribution in [0.15, 0.2) is 6.33 Å². The van der Waals surface area contributed by atoms with Crippen molar-refractivity contribution in [3.05, 3.63) is 12.2 Å². The van der Waals surface area contributed by atoms with Gasteiger partial charge in [-0.1, -0.05) is 0 Å². The summed E-state index contributed by atoms with van der Waals surface area (Å²) in [5.74, 6) is -1.26. The quantitative estimate of drug-likeness (QED) is 0.222. The van der Waals surface area contributed by atoms with Crippen molar-refractivity contribution in [2.45, 2.75) is 24.9 Å². The Morgan fingerprint density at radius 2 is 1.89 bits per heavy atom. The van der Waals surface area contributed by atoms with E-state index in [2.05, 4.69) is 23.2 Å². The van der Waals surface area contributed by atoms with Gasteiger partial charge in [0.05, 0.1) is 12.7 Å². The number of rotatable bonds is 9. The number of aromatic nitrogens is 3. The van der Waals surface area contributed by atoms with Crippen LogP contribution in [-0.2, 0) is 31.6 Å². The third kappa shape index (κ3) is 6.77. The second kappa shape index (κ2) is 8.36. The highest BCUT2D eigenvalue weighted by molar-refractivity contribution is 7.66. The number of aliphatic hydroxyl groups excluding tert-OH is 1. The Morgan fingerprint density at radius 1 is 1.25 bits per heavy atom. The van der Waals surface area contributed by atoms with E-state index in [1.165, 1.54) is 0 Å². The molecule has 1 aromatic rings. The number of nitrogens with two attached hydrogens (primary N) is 1. The summed E-state index contributed by atoms with van der Waals surface area (Å²) in [6.07, 6.45) is -2.47. The van der Waals surface area contributed by atoms with Gasteiger partial charge in [0.25, 0.3) is 5.91 Å². The van der Waals surface area contributed by atoms with Gasteiger partial charge < -0.3 is 35.2 Å². The van der Waals surface area contributed by atoms with E-state index >= 15 is 0 Å². The number of aliphatic hydroxyl groups is 1. The number of primary amides is 1. The van der Waals surface area contributed by atoms with Crippen LogP contribution in [-0.4, -0.2) is 64.2 Å². The van der Waals surface area contributed by atoms with Crippen molar-refractivity contribution < 1.29 is 61.1 Å². The third-order valence-corrected chi connectivity index (χ3v) is 6.80. The molecule has 2 heterocycles. The van der Waals surface area contributed by atoms with E-state index in [4.69, 9.17) is 25.2 Å². The molecule has 0 aliphatic carbocycles. The summed E-state index contributed by atoms with van der Waals surface area (Å²) in [5, 5.41) is 13.6. The van der Waals surface area contributed by atoms with Gasteiger partial charge in [-0.2, -0.15) is 8.62 Å². The standard InChI is InChI=1S/C8H15N4O13P3/c9-6(14)7-10-3-12(11-7)8-5(13)1-4(23-8)2-22-27(18,19)25-28(20,21)24-26(15,16)17/h3-5,8,13H,1-2H2,(H2,9,14)(H,18,19)(H,20,21)(H2,15,16,17)/t4-,5+,8+/m0/s1. The fourth-order valence-electron chi connectivity index (χ4n) is 2.07. The zero-order chi connectivity index (χ0) is 21.3. The van der Waals surface area contributed by atoms with Gasteiger partial charge in [0.2, 0.25) is 5.82 Å². The Labute approximate surface area is 155 Å². The van der Waals surface area contributed by atoms with E-state index in [0.717, 1.165) is 11.0 Å². The number of ether oxygens (including phenoxy) is 1. The maximum atomic E-state index is 11.6. The molecule has 1 aliphatic heterocycles. The lowest BCUT2D eigenvalue weighted by molar-refractivity contribution is -0.0566. The van der Waals surface area contributed by atoms with Crippen LogP contribution >= 0.6 is 23.5 Å². The predicted octanol–water partition coefficient (Wildman–Crippen LogP) is -1.63. The summed E-state index contributed by atoms with van der Waals surface area (Å²) in [6, 6.07) is 0. The van der Waals surface area contributed by atoms with Crippen molar-refractivity contribution >= 4 is 29.4 Å². The minimum atomic E-state index is -5.63. The van der Waals surface area contributed by atoms with Crippen LogP contribution in [0.2, 0.25) is 0 Å². The predicted molar refractivity (Wildman–Crippen MR) is 82.9 cm³/mol. The molecule has 1 fully saturated rings. The van der Waals surface area contributed by atoms with Crippen LogP contribution in [0.3, 0.4) is 0 Å². The zero-order valence-electron chi connectivity index (χ0n) is 13.5. The fraction of sp³-hybridized carbons (Fsp3) is 0.625. The van der Waals surface area contributed by atoms with Gasteiger partial charge in [0, 0.05) is 6.42 Å². The summed E-state index contributed by atoms with van der Waals surface area (Å²) < 4.78 is 51.2. The van der Waals surface area contributed by atoms with Gasteiger partial charge in [-0.05, 0) is 0 Å². The first kappa shape index (κ1) is 23.2. The SMILES string of the molecule is NC(=O)c1ncn([C@@H]2O[C@H](COP(=O)(O)OP(=O)(O)OP(=O)(O)O)C[C@H]2O)n1. The molecule has 2 unspecified atom stereocenters.